The van der Waals surface area contributed by atoms with E-state index in [9.17, 15) is 27.7 Å². The van der Waals surface area contributed by atoms with Crippen LogP contribution in [-0.2, 0) is 21.3 Å². The van der Waals surface area contributed by atoms with Gasteiger partial charge in [0.15, 0.2) is 15.6 Å². The first-order valence-corrected chi connectivity index (χ1v) is 12.7. The number of allylic oxidation sites excluding steroid dienone is 1. The Morgan fingerprint density at radius 3 is 2.63 bits per heavy atom. The van der Waals surface area contributed by atoms with Crippen LogP contribution in [0.1, 0.15) is 42.0 Å². The Morgan fingerprint density at radius 2 is 1.94 bits per heavy atom. The van der Waals surface area contributed by atoms with Crippen LogP contribution in [-0.4, -0.2) is 49.6 Å². The van der Waals surface area contributed by atoms with Gasteiger partial charge in [-0.25, -0.2) is 17.6 Å². The summed E-state index contributed by atoms with van der Waals surface area (Å²) in [6, 6.07) is 11.1. The highest BCUT2D eigenvalue weighted by atomic mass is 32.2. The lowest BCUT2D eigenvalue weighted by atomic mass is 9.92. The number of alkyl halides is 1. The number of aliphatic hydroxyl groups is 1. The maximum atomic E-state index is 13.6. The van der Waals surface area contributed by atoms with Crippen LogP contribution in [0, 0.1) is 11.3 Å². The Kier molecular flexibility index (Phi) is 6.74. The fourth-order valence-electron chi connectivity index (χ4n) is 4.65. The van der Waals surface area contributed by atoms with Gasteiger partial charge in [-0.15, -0.1) is 0 Å². The number of nitriles is 1. The van der Waals surface area contributed by atoms with Crippen molar-refractivity contribution in [2.24, 2.45) is 0 Å². The van der Waals surface area contributed by atoms with Crippen molar-refractivity contribution < 1.29 is 27.5 Å². The average molecular weight is 498 g/mol. The fraction of sp³-hybridized carbons (Fsp3) is 0.320. The minimum absolute atomic E-state index is 0.00353. The Labute approximate surface area is 202 Å². The lowest BCUT2D eigenvalue weighted by Gasteiger charge is -2.40. The molecule has 0 spiro atoms. The summed E-state index contributed by atoms with van der Waals surface area (Å²) in [5.74, 6) is -0.559. The van der Waals surface area contributed by atoms with E-state index in [-0.39, 0.29) is 53.4 Å². The van der Waals surface area contributed by atoms with Crippen molar-refractivity contribution in [3.05, 3.63) is 70.4 Å². The molecule has 2 amide bonds. The molecule has 0 saturated heterocycles. The first-order chi connectivity index (χ1) is 16.7. The van der Waals surface area contributed by atoms with Gasteiger partial charge in [-0.2, -0.15) is 5.26 Å². The van der Waals surface area contributed by atoms with Crippen LogP contribution < -0.4 is 4.90 Å². The van der Waals surface area contributed by atoms with Crippen LogP contribution in [0.3, 0.4) is 0 Å². The second-order valence-corrected chi connectivity index (χ2v) is 10.6. The maximum absolute atomic E-state index is 13.6. The summed E-state index contributed by atoms with van der Waals surface area (Å²) in [7, 11) is -2.45. The third kappa shape index (κ3) is 4.33. The summed E-state index contributed by atoms with van der Waals surface area (Å²) in [5.41, 5.74) is 1.92. The van der Waals surface area contributed by atoms with Gasteiger partial charge in [0.1, 0.15) is 6.67 Å². The van der Waals surface area contributed by atoms with Gasteiger partial charge in [0, 0.05) is 31.3 Å². The van der Waals surface area contributed by atoms with Crippen molar-refractivity contribution in [3.8, 4) is 6.07 Å². The van der Waals surface area contributed by atoms with Crippen molar-refractivity contribution >= 4 is 27.3 Å². The molecule has 10 heteroatoms. The smallest absolute Gasteiger partial charge is 0.329 e. The number of nitrogens with zero attached hydrogens (tertiary/aromatic N) is 3. The molecule has 0 radical (unpaired) electrons. The standard InChI is InChI=1S/C25H24FN3O5S/c1-28-24(19-7-6-17(15-27)13-22(19)35(33,34)11-3-10-30)23-20(8-9-21(23)31)29(25(28)32)18-5-2-4-16(12-18)14-26/h2,4-7,12-13,24,30H,3,8-11,14H2,1H3. The van der Waals surface area contributed by atoms with Crippen molar-refractivity contribution in [2.45, 2.75) is 36.9 Å². The first-order valence-electron chi connectivity index (χ1n) is 11.1. The zero-order chi connectivity index (χ0) is 25.3. The maximum Gasteiger partial charge on any atom is 0.329 e. The summed E-state index contributed by atoms with van der Waals surface area (Å²) < 4.78 is 39.6. The molecule has 1 atom stereocenters. The number of carbonyl (C=O) groups excluding carboxylic acids is 2. The lowest BCUT2D eigenvalue weighted by molar-refractivity contribution is -0.115. The molecule has 2 aliphatic rings. The number of halogens is 1. The second-order valence-electron chi connectivity index (χ2n) is 8.48. The van der Waals surface area contributed by atoms with E-state index in [1.165, 1.54) is 35.0 Å². The quantitative estimate of drug-likeness (QED) is 0.626. The molecule has 4 rings (SSSR count). The molecular weight excluding hydrogens is 473 g/mol. The molecule has 1 aliphatic carbocycles. The number of urea groups is 1. The molecule has 1 unspecified atom stereocenters. The van der Waals surface area contributed by atoms with Gasteiger partial charge < -0.3 is 10.0 Å². The van der Waals surface area contributed by atoms with Gasteiger partial charge in [-0.3, -0.25) is 9.69 Å². The summed E-state index contributed by atoms with van der Waals surface area (Å²) in [6.07, 6.45) is 0.445. The number of sulfone groups is 1. The summed E-state index contributed by atoms with van der Waals surface area (Å²) in [4.78, 5) is 29.2. The highest BCUT2D eigenvalue weighted by molar-refractivity contribution is 7.91. The topological polar surface area (TPSA) is 119 Å². The van der Waals surface area contributed by atoms with E-state index in [0.717, 1.165) is 0 Å². The molecule has 35 heavy (non-hydrogen) atoms. The molecule has 0 aromatic heterocycles. The Morgan fingerprint density at radius 1 is 1.17 bits per heavy atom. The highest BCUT2D eigenvalue weighted by Crippen LogP contribution is 2.45. The van der Waals surface area contributed by atoms with Gasteiger partial charge in [0.25, 0.3) is 0 Å². The number of aliphatic hydroxyl groups excluding tert-OH is 1. The second kappa shape index (κ2) is 9.60. The highest BCUT2D eigenvalue weighted by Gasteiger charge is 2.45. The van der Waals surface area contributed by atoms with E-state index in [2.05, 4.69) is 0 Å². The van der Waals surface area contributed by atoms with Gasteiger partial charge >= 0.3 is 6.03 Å². The molecule has 1 N–H and O–H groups in total. The number of rotatable bonds is 7. The van der Waals surface area contributed by atoms with Crippen molar-refractivity contribution in [1.82, 2.24) is 4.90 Å². The molecule has 0 saturated carbocycles. The van der Waals surface area contributed by atoms with E-state index in [1.807, 2.05) is 6.07 Å². The number of Topliss-reactive ketones (excluding diaryl/α,β-unsaturated/α-hetero) is 1. The van der Waals surface area contributed by atoms with E-state index in [4.69, 9.17) is 5.11 Å². The van der Waals surface area contributed by atoms with Crippen molar-refractivity contribution in [3.63, 3.8) is 0 Å². The number of amides is 2. The van der Waals surface area contributed by atoms with Crippen molar-refractivity contribution in [2.75, 3.05) is 24.3 Å². The number of hydrogen-bond acceptors (Lipinski definition) is 6. The molecule has 2 aromatic rings. The Hall–Kier alpha value is -3.55. The monoisotopic (exact) mass is 497 g/mol. The van der Waals surface area contributed by atoms with E-state index in [1.54, 1.807) is 24.3 Å². The molecule has 182 valence electrons. The molecule has 8 nitrogen and oxygen atoms in total. The lowest BCUT2D eigenvalue weighted by Crippen LogP contribution is -2.48. The SMILES string of the molecule is CN1C(=O)N(c2cccc(CF)c2)C2=C(C(=O)CC2)C1c1ccc(C#N)cc1S(=O)(=O)CCCO. The Balaban J connectivity index is 1.92. The molecule has 2 aromatic carbocycles. The predicted molar refractivity (Wildman–Crippen MR) is 126 cm³/mol. The average Bonchev–Trinajstić information content (AvgIpc) is 3.24. The van der Waals surface area contributed by atoms with E-state index in [0.29, 0.717) is 22.5 Å². The summed E-state index contributed by atoms with van der Waals surface area (Å²) in [6.45, 7) is -1.03. The number of benzene rings is 2. The van der Waals surface area contributed by atoms with Gasteiger partial charge in [-0.1, -0.05) is 18.2 Å². The van der Waals surface area contributed by atoms with Crippen LogP contribution in [0.4, 0.5) is 14.9 Å². The summed E-state index contributed by atoms with van der Waals surface area (Å²) >= 11 is 0. The number of anilines is 1. The van der Waals surface area contributed by atoms with Crippen LogP contribution >= 0.6 is 0 Å². The zero-order valence-electron chi connectivity index (χ0n) is 19.1. The number of carbonyl (C=O) groups is 2. The number of ketones is 1. The molecule has 0 fully saturated rings. The minimum Gasteiger partial charge on any atom is -0.396 e. The van der Waals surface area contributed by atoms with Gasteiger partial charge in [-0.05, 0) is 48.2 Å². The number of likely N-dealkylation sites (N-methyl/N-ethyl adjacent to an activating group) is 1. The molecular formula is C25H24FN3O5S. The third-order valence-corrected chi connectivity index (χ3v) is 8.14. The normalized spacial score (nSPS) is 18.2. The van der Waals surface area contributed by atoms with Crippen LogP contribution in [0.5, 0.6) is 0 Å². The van der Waals surface area contributed by atoms with Crippen LogP contribution in [0.15, 0.2) is 58.6 Å². The minimum atomic E-state index is -3.94. The van der Waals surface area contributed by atoms with Gasteiger partial charge in [0.2, 0.25) is 0 Å². The fourth-order valence-corrected chi connectivity index (χ4v) is 6.23. The molecule has 1 heterocycles. The van der Waals surface area contributed by atoms with E-state index < -0.39 is 28.6 Å². The predicted octanol–water partition coefficient (Wildman–Crippen LogP) is 3.41. The zero-order valence-corrected chi connectivity index (χ0v) is 19.9. The van der Waals surface area contributed by atoms with Crippen LogP contribution in [0.25, 0.3) is 0 Å². The van der Waals surface area contributed by atoms with Gasteiger partial charge in [0.05, 0.1) is 34.0 Å². The molecule has 0 bridgehead atoms. The van der Waals surface area contributed by atoms with E-state index >= 15 is 0 Å². The molecule has 1 aliphatic heterocycles. The third-order valence-electron chi connectivity index (χ3n) is 6.29. The Bertz CT molecular complexity index is 1380. The number of hydrogen-bond donors (Lipinski definition) is 1. The van der Waals surface area contributed by atoms with Crippen LogP contribution in [0.2, 0.25) is 0 Å². The largest absolute Gasteiger partial charge is 0.396 e. The summed E-state index contributed by atoms with van der Waals surface area (Å²) in [5, 5.41) is 18.5. The van der Waals surface area contributed by atoms with Crippen molar-refractivity contribution in [1.29, 1.82) is 5.26 Å². The first kappa shape index (κ1) is 24.6.